The molecule has 1 unspecified atom stereocenters. The summed E-state index contributed by atoms with van der Waals surface area (Å²) in [5.41, 5.74) is 1.06. The Morgan fingerprint density at radius 2 is 2.38 bits per heavy atom. The van der Waals surface area contributed by atoms with E-state index in [1.54, 1.807) is 6.20 Å². The molecule has 0 spiro atoms. The van der Waals surface area contributed by atoms with Crippen LogP contribution in [0, 0.1) is 0 Å². The molecule has 72 valence electrons. The molecule has 1 aromatic rings. The molecule has 0 aliphatic rings. The van der Waals surface area contributed by atoms with Crippen LogP contribution in [0.15, 0.2) is 18.3 Å². The zero-order valence-corrected chi connectivity index (χ0v) is 8.80. The zero-order valence-electron chi connectivity index (χ0n) is 8.05. The van der Waals surface area contributed by atoms with Gasteiger partial charge in [-0.25, -0.2) is 4.98 Å². The molecule has 0 fully saturated rings. The number of hydrogen-bond acceptors (Lipinski definition) is 2. The molecule has 2 nitrogen and oxygen atoms in total. The fourth-order valence-corrected chi connectivity index (χ4v) is 1.17. The summed E-state index contributed by atoms with van der Waals surface area (Å²) in [5.74, 6) is 0. The molecule has 0 aliphatic heterocycles. The van der Waals surface area contributed by atoms with Crippen molar-refractivity contribution < 1.29 is 0 Å². The highest BCUT2D eigenvalue weighted by atomic mass is 35.5. The van der Waals surface area contributed by atoms with Crippen molar-refractivity contribution in [3.8, 4) is 0 Å². The fraction of sp³-hybridized carbons (Fsp3) is 0.500. The smallest absolute Gasteiger partial charge is 0.133 e. The molecule has 1 aromatic heterocycles. The van der Waals surface area contributed by atoms with Gasteiger partial charge in [-0.2, -0.15) is 0 Å². The van der Waals surface area contributed by atoms with Gasteiger partial charge in [0.2, 0.25) is 0 Å². The van der Waals surface area contributed by atoms with Crippen LogP contribution in [-0.2, 0) is 6.54 Å². The van der Waals surface area contributed by atoms with Crippen LogP contribution in [0.1, 0.15) is 25.8 Å². The number of nitrogens with one attached hydrogen (secondary N) is 1. The lowest BCUT2D eigenvalue weighted by atomic mass is 10.2. The molecule has 1 atom stereocenters. The van der Waals surface area contributed by atoms with Crippen molar-refractivity contribution >= 4 is 11.6 Å². The van der Waals surface area contributed by atoms with Crippen LogP contribution in [0.4, 0.5) is 0 Å². The average molecular weight is 199 g/mol. The van der Waals surface area contributed by atoms with Gasteiger partial charge in [0, 0.05) is 24.3 Å². The van der Waals surface area contributed by atoms with Crippen LogP contribution in [0.2, 0.25) is 5.15 Å². The monoisotopic (exact) mass is 198 g/mol. The Bertz CT molecular complexity index is 263. The molecule has 13 heavy (non-hydrogen) atoms. The van der Waals surface area contributed by atoms with Gasteiger partial charge in [-0.1, -0.05) is 24.6 Å². The van der Waals surface area contributed by atoms with Gasteiger partial charge in [0.25, 0.3) is 0 Å². The summed E-state index contributed by atoms with van der Waals surface area (Å²) in [6.45, 7) is 5.11. The van der Waals surface area contributed by atoms with Crippen LogP contribution >= 0.6 is 11.6 Å². The average Bonchev–Trinajstić information content (AvgIpc) is 2.16. The Morgan fingerprint density at radius 1 is 1.62 bits per heavy atom. The van der Waals surface area contributed by atoms with Crippen molar-refractivity contribution in [1.82, 2.24) is 10.3 Å². The van der Waals surface area contributed by atoms with Gasteiger partial charge in [0.05, 0.1) is 0 Å². The fourth-order valence-electron chi connectivity index (χ4n) is 0.980. The van der Waals surface area contributed by atoms with E-state index in [0.29, 0.717) is 11.2 Å². The molecule has 0 aliphatic carbocycles. The molecule has 0 aromatic carbocycles. The maximum absolute atomic E-state index is 5.90. The van der Waals surface area contributed by atoms with Crippen molar-refractivity contribution in [2.75, 3.05) is 0 Å². The van der Waals surface area contributed by atoms with Crippen LogP contribution in [0.5, 0.6) is 0 Å². The Labute approximate surface area is 84.3 Å². The summed E-state index contributed by atoms with van der Waals surface area (Å²) in [4.78, 5) is 4.01. The van der Waals surface area contributed by atoms with E-state index in [0.717, 1.165) is 18.5 Å². The molecule has 1 N–H and O–H groups in total. The first-order valence-electron chi connectivity index (χ1n) is 4.56. The Hall–Kier alpha value is -0.600. The molecule has 1 heterocycles. The van der Waals surface area contributed by atoms with Gasteiger partial charge >= 0.3 is 0 Å². The minimum absolute atomic E-state index is 0.524. The van der Waals surface area contributed by atoms with Gasteiger partial charge in [0.15, 0.2) is 0 Å². The van der Waals surface area contributed by atoms with Crippen LogP contribution in [0.3, 0.4) is 0 Å². The number of halogens is 1. The topological polar surface area (TPSA) is 24.9 Å². The first-order chi connectivity index (χ1) is 6.24. The van der Waals surface area contributed by atoms with Gasteiger partial charge in [-0.15, -0.1) is 0 Å². The Kier molecular flexibility index (Phi) is 4.19. The Morgan fingerprint density at radius 3 is 3.00 bits per heavy atom. The second-order valence-electron chi connectivity index (χ2n) is 3.14. The highest BCUT2D eigenvalue weighted by Gasteiger charge is 2.01. The summed E-state index contributed by atoms with van der Waals surface area (Å²) in [6, 6.07) is 4.42. The van der Waals surface area contributed by atoms with Gasteiger partial charge < -0.3 is 5.32 Å². The number of pyridine rings is 1. The second-order valence-corrected chi connectivity index (χ2v) is 3.50. The van der Waals surface area contributed by atoms with E-state index in [4.69, 9.17) is 11.6 Å². The van der Waals surface area contributed by atoms with Crippen LogP contribution < -0.4 is 5.32 Å². The SMILES string of the molecule is CCC(C)NCc1cccnc1Cl. The largest absolute Gasteiger partial charge is 0.310 e. The summed E-state index contributed by atoms with van der Waals surface area (Å²) < 4.78 is 0. The van der Waals surface area contributed by atoms with E-state index >= 15 is 0 Å². The number of rotatable bonds is 4. The first kappa shape index (κ1) is 10.5. The standard InChI is InChI=1S/C10H15ClN2/c1-3-8(2)13-7-9-5-4-6-12-10(9)11/h4-6,8,13H,3,7H2,1-2H3. The van der Waals surface area contributed by atoms with E-state index < -0.39 is 0 Å². The number of hydrogen-bond donors (Lipinski definition) is 1. The van der Waals surface area contributed by atoms with Crippen molar-refractivity contribution in [2.24, 2.45) is 0 Å². The minimum Gasteiger partial charge on any atom is -0.310 e. The molecule has 0 saturated carbocycles. The maximum atomic E-state index is 5.90. The summed E-state index contributed by atoms with van der Waals surface area (Å²) in [7, 11) is 0. The number of nitrogens with zero attached hydrogens (tertiary/aromatic N) is 1. The highest BCUT2D eigenvalue weighted by molar-refractivity contribution is 6.30. The predicted molar refractivity (Wildman–Crippen MR) is 55.8 cm³/mol. The van der Waals surface area contributed by atoms with E-state index in [1.165, 1.54) is 0 Å². The minimum atomic E-state index is 0.524. The Balaban J connectivity index is 2.50. The van der Waals surface area contributed by atoms with E-state index in [9.17, 15) is 0 Å². The predicted octanol–water partition coefficient (Wildman–Crippen LogP) is 2.62. The van der Waals surface area contributed by atoms with Crippen LogP contribution in [0.25, 0.3) is 0 Å². The molecule has 0 bridgehead atoms. The van der Waals surface area contributed by atoms with Crippen LogP contribution in [-0.4, -0.2) is 11.0 Å². The first-order valence-corrected chi connectivity index (χ1v) is 4.94. The lowest BCUT2D eigenvalue weighted by Crippen LogP contribution is -2.24. The molecular formula is C10H15ClN2. The van der Waals surface area contributed by atoms with Gasteiger partial charge in [0.1, 0.15) is 5.15 Å². The van der Waals surface area contributed by atoms with E-state index in [-0.39, 0.29) is 0 Å². The lowest BCUT2D eigenvalue weighted by Gasteiger charge is -2.11. The molecule has 0 amide bonds. The normalized spacial score (nSPS) is 12.8. The van der Waals surface area contributed by atoms with Crippen molar-refractivity contribution in [1.29, 1.82) is 0 Å². The van der Waals surface area contributed by atoms with Crippen molar-refractivity contribution in [3.63, 3.8) is 0 Å². The molecule has 0 radical (unpaired) electrons. The zero-order chi connectivity index (χ0) is 9.68. The number of aromatic nitrogens is 1. The third-order valence-corrected chi connectivity index (χ3v) is 2.43. The maximum Gasteiger partial charge on any atom is 0.133 e. The van der Waals surface area contributed by atoms with Crippen molar-refractivity contribution in [2.45, 2.75) is 32.9 Å². The van der Waals surface area contributed by atoms with Gasteiger partial charge in [-0.3, -0.25) is 0 Å². The lowest BCUT2D eigenvalue weighted by molar-refractivity contribution is 0.533. The molecule has 3 heteroatoms. The second kappa shape index (κ2) is 5.20. The third kappa shape index (κ3) is 3.33. The molecular weight excluding hydrogens is 184 g/mol. The molecule has 1 rings (SSSR count). The third-order valence-electron chi connectivity index (χ3n) is 2.09. The summed E-state index contributed by atoms with van der Waals surface area (Å²) >= 11 is 5.90. The quantitative estimate of drug-likeness (QED) is 0.753. The highest BCUT2D eigenvalue weighted by Crippen LogP contribution is 2.11. The van der Waals surface area contributed by atoms with E-state index in [2.05, 4.69) is 24.1 Å². The van der Waals surface area contributed by atoms with Crippen molar-refractivity contribution in [3.05, 3.63) is 29.0 Å². The summed E-state index contributed by atoms with van der Waals surface area (Å²) in [5, 5.41) is 3.96. The molecule has 0 saturated heterocycles. The van der Waals surface area contributed by atoms with Gasteiger partial charge in [-0.05, 0) is 19.4 Å². The van der Waals surface area contributed by atoms with E-state index in [1.807, 2.05) is 12.1 Å². The summed E-state index contributed by atoms with van der Waals surface area (Å²) in [6.07, 6.45) is 2.83.